The fraction of sp³-hybridized carbons (Fsp3) is 0.444. The summed E-state index contributed by atoms with van der Waals surface area (Å²) < 4.78 is 27.2. The van der Waals surface area contributed by atoms with Gasteiger partial charge in [-0.15, -0.1) is 0 Å². The van der Waals surface area contributed by atoms with E-state index in [1.807, 2.05) is 11.7 Å². The molecule has 0 spiro atoms. The van der Waals surface area contributed by atoms with Crippen LogP contribution >= 0.6 is 0 Å². The molecule has 1 heterocycles. The van der Waals surface area contributed by atoms with Crippen molar-refractivity contribution >= 4 is 15.9 Å². The maximum absolute atomic E-state index is 12.4. The first-order valence-electron chi connectivity index (χ1n) is 8.65. The zero-order valence-electron chi connectivity index (χ0n) is 15.3. The monoisotopic (exact) mass is 376 g/mol. The van der Waals surface area contributed by atoms with Crippen LogP contribution in [0.4, 0.5) is 0 Å². The molecule has 140 valence electrons. The molecule has 1 aromatic carbocycles. The molecule has 0 atom stereocenters. The van der Waals surface area contributed by atoms with Gasteiger partial charge in [0, 0.05) is 32.4 Å². The summed E-state index contributed by atoms with van der Waals surface area (Å²) >= 11 is 0. The van der Waals surface area contributed by atoms with Crippen LogP contribution in [0.2, 0.25) is 0 Å². The van der Waals surface area contributed by atoms with Crippen LogP contribution in [-0.2, 0) is 36.5 Å². The smallest absolute Gasteiger partial charge is 0.251 e. The maximum atomic E-state index is 12.4. The molecule has 0 aliphatic heterocycles. The number of nitrogens with one attached hydrogen (secondary N) is 1. The highest BCUT2D eigenvalue weighted by atomic mass is 32.2. The van der Waals surface area contributed by atoms with Crippen molar-refractivity contribution in [2.24, 2.45) is 7.05 Å². The van der Waals surface area contributed by atoms with Crippen molar-refractivity contribution in [2.75, 3.05) is 14.1 Å². The lowest BCUT2D eigenvalue weighted by atomic mass is 9.96. The fourth-order valence-electron chi connectivity index (χ4n) is 3.26. The van der Waals surface area contributed by atoms with Crippen molar-refractivity contribution in [1.29, 1.82) is 0 Å². The quantitative estimate of drug-likeness (QED) is 0.857. The number of nitrogens with zero attached hydrogens (tertiary/aromatic N) is 3. The number of carbonyl (C=O) groups excluding carboxylic acids is 1. The van der Waals surface area contributed by atoms with E-state index >= 15 is 0 Å². The highest BCUT2D eigenvalue weighted by molar-refractivity contribution is 7.89. The molecule has 0 fully saturated rings. The minimum Gasteiger partial charge on any atom is -0.346 e. The Morgan fingerprint density at radius 3 is 2.50 bits per heavy atom. The van der Waals surface area contributed by atoms with Crippen molar-refractivity contribution in [2.45, 2.75) is 37.1 Å². The van der Waals surface area contributed by atoms with E-state index in [2.05, 4.69) is 10.4 Å². The Kier molecular flexibility index (Phi) is 5.15. The lowest BCUT2D eigenvalue weighted by Gasteiger charge is -2.13. The number of aryl methyl sites for hydroxylation is 1. The summed E-state index contributed by atoms with van der Waals surface area (Å²) in [4.78, 5) is 12.5. The van der Waals surface area contributed by atoms with Gasteiger partial charge in [0.2, 0.25) is 10.0 Å². The first-order valence-corrected chi connectivity index (χ1v) is 10.1. The molecule has 0 saturated heterocycles. The van der Waals surface area contributed by atoms with Gasteiger partial charge in [-0.05, 0) is 55.5 Å². The van der Waals surface area contributed by atoms with Gasteiger partial charge in [0.25, 0.3) is 5.91 Å². The van der Waals surface area contributed by atoms with Crippen LogP contribution in [0.5, 0.6) is 0 Å². The minimum atomic E-state index is -3.49. The SMILES string of the molecule is CN(C)S(=O)(=O)c1ccc(C(=O)NCc2nn(C)c3c2CCCC3)cc1. The predicted octanol–water partition coefficient (Wildman–Crippen LogP) is 1.48. The van der Waals surface area contributed by atoms with Crippen molar-refractivity contribution in [3.8, 4) is 0 Å². The van der Waals surface area contributed by atoms with Crippen LogP contribution in [0.3, 0.4) is 0 Å². The Morgan fingerprint density at radius 1 is 1.19 bits per heavy atom. The van der Waals surface area contributed by atoms with Gasteiger partial charge in [-0.2, -0.15) is 5.10 Å². The third-order valence-corrected chi connectivity index (χ3v) is 6.59. The fourth-order valence-corrected chi connectivity index (χ4v) is 4.16. The van der Waals surface area contributed by atoms with Gasteiger partial charge in [-0.25, -0.2) is 12.7 Å². The zero-order chi connectivity index (χ0) is 18.9. The molecular weight excluding hydrogens is 352 g/mol. The number of benzene rings is 1. The van der Waals surface area contributed by atoms with Crippen LogP contribution in [0, 0.1) is 0 Å². The number of sulfonamides is 1. The Hall–Kier alpha value is -2.19. The van der Waals surface area contributed by atoms with Crippen LogP contribution in [0.15, 0.2) is 29.2 Å². The molecule has 0 bridgehead atoms. The third-order valence-electron chi connectivity index (χ3n) is 4.76. The molecule has 0 radical (unpaired) electrons. The molecule has 26 heavy (non-hydrogen) atoms. The first kappa shape index (κ1) is 18.6. The van der Waals surface area contributed by atoms with E-state index in [4.69, 9.17) is 0 Å². The van der Waals surface area contributed by atoms with Gasteiger partial charge < -0.3 is 5.32 Å². The average molecular weight is 376 g/mol. The number of aromatic nitrogens is 2. The summed E-state index contributed by atoms with van der Waals surface area (Å²) in [6.45, 7) is 0.375. The number of fused-ring (bicyclic) bond motifs is 1. The average Bonchev–Trinajstić information content (AvgIpc) is 2.96. The van der Waals surface area contributed by atoms with Gasteiger partial charge >= 0.3 is 0 Å². The van der Waals surface area contributed by atoms with E-state index in [1.54, 1.807) is 0 Å². The molecule has 0 unspecified atom stereocenters. The standard InChI is InChI=1S/C18H24N4O3S/c1-21(2)26(24,25)14-10-8-13(9-11-14)18(23)19-12-16-15-6-4-5-7-17(15)22(3)20-16/h8-11H,4-7,12H2,1-3H3,(H,19,23). The van der Waals surface area contributed by atoms with Crippen LogP contribution in [0.25, 0.3) is 0 Å². The van der Waals surface area contributed by atoms with E-state index in [0.29, 0.717) is 12.1 Å². The molecule has 1 amide bonds. The zero-order valence-corrected chi connectivity index (χ0v) is 16.1. The molecule has 1 aromatic heterocycles. The molecule has 0 saturated carbocycles. The van der Waals surface area contributed by atoms with E-state index < -0.39 is 10.0 Å². The first-order chi connectivity index (χ1) is 12.3. The molecule has 1 aliphatic rings. The molecule has 2 aromatic rings. The van der Waals surface area contributed by atoms with E-state index in [0.717, 1.165) is 29.3 Å². The van der Waals surface area contributed by atoms with E-state index in [-0.39, 0.29) is 10.8 Å². The lowest BCUT2D eigenvalue weighted by Crippen LogP contribution is -2.24. The second-order valence-electron chi connectivity index (χ2n) is 6.70. The van der Waals surface area contributed by atoms with Crippen molar-refractivity contribution in [3.05, 3.63) is 46.8 Å². The van der Waals surface area contributed by atoms with Crippen molar-refractivity contribution in [1.82, 2.24) is 19.4 Å². The molecular formula is C18H24N4O3S. The largest absolute Gasteiger partial charge is 0.346 e. The lowest BCUT2D eigenvalue weighted by molar-refractivity contribution is 0.0950. The van der Waals surface area contributed by atoms with Gasteiger partial charge in [-0.1, -0.05) is 0 Å². The van der Waals surface area contributed by atoms with Crippen LogP contribution in [-0.4, -0.2) is 42.5 Å². The van der Waals surface area contributed by atoms with Crippen molar-refractivity contribution in [3.63, 3.8) is 0 Å². The van der Waals surface area contributed by atoms with Gasteiger partial charge in [0.05, 0.1) is 17.1 Å². The van der Waals surface area contributed by atoms with Crippen molar-refractivity contribution < 1.29 is 13.2 Å². The number of rotatable bonds is 5. The maximum Gasteiger partial charge on any atom is 0.251 e. The number of carbonyl (C=O) groups is 1. The highest BCUT2D eigenvalue weighted by Gasteiger charge is 2.20. The number of amides is 1. The minimum absolute atomic E-state index is 0.165. The third kappa shape index (κ3) is 3.52. The second kappa shape index (κ2) is 7.20. The topological polar surface area (TPSA) is 84.3 Å². The van der Waals surface area contributed by atoms with E-state index in [1.165, 1.54) is 56.0 Å². The van der Waals surface area contributed by atoms with Crippen LogP contribution in [0.1, 0.15) is 40.2 Å². The van der Waals surface area contributed by atoms with Gasteiger partial charge in [0.1, 0.15) is 0 Å². The molecule has 8 heteroatoms. The second-order valence-corrected chi connectivity index (χ2v) is 8.85. The number of hydrogen-bond acceptors (Lipinski definition) is 4. The predicted molar refractivity (Wildman–Crippen MR) is 98.3 cm³/mol. The Balaban J connectivity index is 1.70. The normalized spacial score (nSPS) is 14.3. The highest BCUT2D eigenvalue weighted by Crippen LogP contribution is 2.23. The van der Waals surface area contributed by atoms with Gasteiger partial charge in [-0.3, -0.25) is 9.48 Å². The number of hydrogen-bond donors (Lipinski definition) is 1. The molecule has 1 aliphatic carbocycles. The summed E-state index contributed by atoms with van der Waals surface area (Å²) in [7, 11) is 1.40. The van der Waals surface area contributed by atoms with Gasteiger partial charge in [0.15, 0.2) is 0 Å². The summed E-state index contributed by atoms with van der Waals surface area (Å²) in [6, 6.07) is 5.96. The summed E-state index contributed by atoms with van der Waals surface area (Å²) in [5, 5.41) is 7.43. The molecule has 1 N–H and O–H groups in total. The Morgan fingerprint density at radius 2 is 1.85 bits per heavy atom. The Bertz CT molecular complexity index is 915. The Labute approximate surface area is 154 Å². The summed E-state index contributed by atoms with van der Waals surface area (Å²) in [6.07, 6.45) is 4.38. The van der Waals surface area contributed by atoms with Crippen LogP contribution < -0.4 is 5.32 Å². The summed E-state index contributed by atoms with van der Waals surface area (Å²) in [5.41, 5.74) is 3.86. The molecule has 7 nitrogen and oxygen atoms in total. The van der Waals surface area contributed by atoms with E-state index in [9.17, 15) is 13.2 Å². The summed E-state index contributed by atoms with van der Waals surface area (Å²) in [5.74, 6) is -0.242. The molecule has 3 rings (SSSR count).